The molecule has 1 atom stereocenters. The normalized spacial score (nSPS) is 12.4. The van der Waals surface area contributed by atoms with E-state index in [2.05, 4.69) is 10.9 Å². The molecule has 1 rings (SSSR count). The van der Waals surface area contributed by atoms with Crippen LogP contribution in [-0.2, 0) is 14.3 Å². The Morgan fingerprint density at radius 2 is 1.86 bits per heavy atom. The van der Waals surface area contributed by atoms with Crippen molar-refractivity contribution in [3.8, 4) is 0 Å². The summed E-state index contributed by atoms with van der Waals surface area (Å²) in [5.74, 6) is -0.584. The SMILES string of the molecule is COC(=O)C(NNC(=O)OC(C)(C)C)c1ccccc1Cl. The highest BCUT2D eigenvalue weighted by atomic mass is 35.5. The van der Waals surface area contributed by atoms with Gasteiger partial charge in [0.2, 0.25) is 0 Å². The van der Waals surface area contributed by atoms with Crippen molar-refractivity contribution in [1.82, 2.24) is 10.9 Å². The van der Waals surface area contributed by atoms with Crippen LogP contribution in [0.2, 0.25) is 5.02 Å². The van der Waals surface area contributed by atoms with Crippen LogP contribution in [0.15, 0.2) is 24.3 Å². The third kappa shape index (κ3) is 5.61. The van der Waals surface area contributed by atoms with Gasteiger partial charge in [0.05, 0.1) is 7.11 Å². The molecule has 1 aromatic rings. The predicted octanol–water partition coefficient (Wildman–Crippen LogP) is 2.58. The van der Waals surface area contributed by atoms with Gasteiger partial charge in [-0.3, -0.25) is 5.43 Å². The lowest BCUT2D eigenvalue weighted by Crippen LogP contribution is -2.45. The number of carbonyl (C=O) groups is 2. The molecule has 0 aromatic heterocycles. The summed E-state index contributed by atoms with van der Waals surface area (Å²) in [4.78, 5) is 23.4. The van der Waals surface area contributed by atoms with Gasteiger partial charge in [-0.15, -0.1) is 0 Å². The summed E-state index contributed by atoms with van der Waals surface area (Å²) in [6.07, 6.45) is -0.705. The minimum atomic E-state index is -0.934. The van der Waals surface area contributed by atoms with E-state index >= 15 is 0 Å². The first kappa shape index (κ1) is 17.3. The number of amides is 1. The van der Waals surface area contributed by atoms with Gasteiger partial charge in [0.25, 0.3) is 0 Å². The lowest BCUT2D eigenvalue weighted by molar-refractivity contribution is -0.143. The molecule has 1 amide bonds. The van der Waals surface area contributed by atoms with E-state index in [1.807, 2.05) is 0 Å². The Labute approximate surface area is 128 Å². The molecule has 0 saturated carbocycles. The Morgan fingerprint density at radius 1 is 1.24 bits per heavy atom. The number of halogens is 1. The summed E-state index contributed by atoms with van der Waals surface area (Å²) in [6.45, 7) is 5.20. The lowest BCUT2D eigenvalue weighted by Gasteiger charge is -2.22. The molecule has 7 heteroatoms. The molecule has 0 fully saturated rings. The van der Waals surface area contributed by atoms with Crippen molar-refractivity contribution in [1.29, 1.82) is 0 Å². The lowest BCUT2D eigenvalue weighted by atomic mass is 10.1. The smallest absolute Gasteiger partial charge is 0.422 e. The third-order valence-corrected chi connectivity index (χ3v) is 2.71. The van der Waals surface area contributed by atoms with Crippen molar-refractivity contribution < 1.29 is 19.1 Å². The quantitative estimate of drug-likeness (QED) is 0.660. The van der Waals surface area contributed by atoms with E-state index in [0.717, 1.165) is 0 Å². The number of hydrazine groups is 1. The molecule has 1 aromatic carbocycles. The van der Waals surface area contributed by atoms with E-state index in [-0.39, 0.29) is 0 Å². The topological polar surface area (TPSA) is 76.7 Å². The Balaban J connectivity index is 2.80. The van der Waals surface area contributed by atoms with E-state index in [4.69, 9.17) is 21.1 Å². The highest BCUT2D eigenvalue weighted by Gasteiger charge is 2.25. The number of carbonyl (C=O) groups excluding carboxylic acids is 2. The van der Waals surface area contributed by atoms with Gasteiger partial charge in [0.15, 0.2) is 6.04 Å². The summed E-state index contributed by atoms with van der Waals surface area (Å²) >= 11 is 6.05. The number of esters is 1. The molecule has 0 aliphatic heterocycles. The first-order chi connectivity index (χ1) is 9.74. The summed E-state index contributed by atoms with van der Waals surface area (Å²) in [7, 11) is 1.25. The molecule has 6 nitrogen and oxygen atoms in total. The van der Waals surface area contributed by atoms with Crippen LogP contribution >= 0.6 is 11.6 Å². The van der Waals surface area contributed by atoms with Gasteiger partial charge < -0.3 is 9.47 Å². The van der Waals surface area contributed by atoms with Crippen LogP contribution in [0.5, 0.6) is 0 Å². The Morgan fingerprint density at radius 3 is 2.38 bits per heavy atom. The molecule has 0 aliphatic carbocycles. The van der Waals surface area contributed by atoms with Gasteiger partial charge in [-0.05, 0) is 26.8 Å². The van der Waals surface area contributed by atoms with E-state index < -0.39 is 23.7 Å². The molecule has 116 valence electrons. The molecule has 0 saturated heterocycles. The number of nitrogens with one attached hydrogen (secondary N) is 2. The largest absolute Gasteiger partial charge is 0.468 e. The van der Waals surface area contributed by atoms with Crippen LogP contribution in [0, 0.1) is 0 Å². The molecule has 0 radical (unpaired) electrons. The van der Waals surface area contributed by atoms with Gasteiger partial charge >= 0.3 is 12.1 Å². The van der Waals surface area contributed by atoms with Crippen molar-refractivity contribution in [2.45, 2.75) is 32.4 Å². The highest BCUT2D eigenvalue weighted by Crippen LogP contribution is 2.23. The summed E-state index contributed by atoms with van der Waals surface area (Å²) in [5, 5.41) is 0.381. The fourth-order valence-electron chi connectivity index (χ4n) is 1.53. The minimum Gasteiger partial charge on any atom is -0.468 e. The second-order valence-corrected chi connectivity index (χ2v) is 5.66. The average Bonchev–Trinajstić information content (AvgIpc) is 2.38. The standard InChI is InChI=1S/C14H19ClN2O4/c1-14(2,3)21-13(19)17-16-11(12(18)20-4)9-7-5-6-8-10(9)15/h5-8,11,16H,1-4H3,(H,17,19). The monoisotopic (exact) mass is 314 g/mol. The molecule has 21 heavy (non-hydrogen) atoms. The molecule has 0 aliphatic rings. The van der Waals surface area contributed by atoms with Crippen LogP contribution < -0.4 is 10.9 Å². The Bertz CT molecular complexity index is 514. The fourth-order valence-corrected chi connectivity index (χ4v) is 1.77. The molecule has 2 N–H and O–H groups in total. The second-order valence-electron chi connectivity index (χ2n) is 5.25. The highest BCUT2D eigenvalue weighted by molar-refractivity contribution is 6.31. The molecular weight excluding hydrogens is 296 g/mol. The zero-order valence-electron chi connectivity index (χ0n) is 12.4. The van der Waals surface area contributed by atoms with Crippen molar-refractivity contribution >= 4 is 23.7 Å². The maximum absolute atomic E-state index is 11.8. The molecule has 0 bridgehead atoms. The maximum Gasteiger partial charge on any atom is 0.422 e. The van der Waals surface area contributed by atoms with Crippen LogP contribution in [0.3, 0.4) is 0 Å². The van der Waals surface area contributed by atoms with Crippen LogP contribution in [-0.4, -0.2) is 24.8 Å². The van der Waals surface area contributed by atoms with Crippen molar-refractivity contribution in [3.05, 3.63) is 34.9 Å². The predicted molar refractivity (Wildman–Crippen MR) is 78.7 cm³/mol. The number of ether oxygens (including phenoxy) is 2. The van der Waals surface area contributed by atoms with Gasteiger partial charge in [-0.2, -0.15) is 0 Å². The number of hydrogen-bond acceptors (Lipinski definition) is 5. The zero-order valence-corrected chi connectivity index (χ0v) is 13.2. The molecule has 0 spiro atoms. The second kappa shape index (κ2) is 7.28. The molecular formula is C14H19ClN2O4. The first-order valence-corrected chi connectivity index (χ1v) is 6.69. The zero-order chi connectivity index (χ0) is 16.0. The minimum absolute atomic E-state index is 0.381. The summed E-state index contributed by atoms with van der Waals surface area (Å²) in [5.41, 5.74) is 4.72. The van der Waals surface area contributed by atoms with Crippen LogP contribution in [0.25, 0.3) is 0 Å². The summed E-state index contributed by atoms with van der Waals surface area (Å²) < 4.78 is 9.77. The average molecular weight is 315 g/mol. The van der Waals surface area contributed by atoms with E-state index in [0.29, 0.717) is 10.6 Å². The summed E-state index contributed by atoms with van der Waals surface area (Å²) in [6, 6.07) is 5.83. The first-order valence-electron chi connectivity index (χ1n) is 6.31. The third-order valence-electron chi connectivity index (χ3n) is 2.37. The van der Waals surface area contributed by atoms with Gasteiger partial charge in [-0.1, -0.05) is 29.8 Å². The van der Waals surface area contributed by atoms with Crippen molar-refractivity contribution in [2.24, 2.45) is 0 Å². The number of methoxy groups -OCH3 is 1. The van der Waals surface area contributed by atoms with Gasteiger partial charge in [0.1, 0.15) is 5.60 Å². The Kier molecular flexibility index (Phi) is 5.99. The van der Waals surface area contributed by atoms with Crippen LogP contribution in [0.1, 0.15) is 32.4 Å². The number of benzene rings is 1. The van der Waals surface area contributed by atoms with Crippen molar-refractivity contribution in [3.63, 3.8) is 0 Å². The van der Waals surface area contributed by atoms with Gasteiger partial charge in [0, 0.05) is 10.6 Å². The number of hydrogen-bond donors (Lipinski definition) is 2. The van der Waals surface area contributed by atoms with Gasteiger partial charge in [-0.25, -0.2) is 15.0 Å². The maximum atomic E-state index is 11.8. The number of rotatable bonds is 4. The Hall–Kier alpha value is -1.79. The van der Waals surface area contributed by atoms with Crippen molar-refractivity contribution in [2.75, 3.05) is 7.11 Å². The van der Waals surface area contributed by atoms with Crippen LogP contribution in [0.4, 0.5) is 4.79 Å². The fraction of sp³-hybridized carbons (Fsp3) is 0.429. The molecule has 1 unspecified atom stereocenters. The van der Waals surface area contributed by atoms with E-state index in [1.54, 1.807) is 45.0 Å². The van der Waals surface area contributed by atoms with E-state index in [9.17, 15) is 9.59 Å². The molecule has 0 heterocycles. The van der Waals surface area contributed by atoms with E-state index in [1.165, 1.54) is 7.11 Å².